The van der Waals surface area contributed by atoms with Crippen LogP contribution in [0.15, 0.2) is 5.38 Å². The van der Waals surface area contributed by atoms with Gasteiger partial charge in [0.25, 0.3) is 5.91 Å². The summed E-state index contributed by atoms with van der Waals surface area (Å²) < 4.78 is 3.89. The number of aryl methyl sites for hydroxylation is 4. The molecule has 9 heteroatoms. The Labute approximate surface area is 161 Å². The van der Waals surface area contributed by atoms with Crippen molar-refractivity contribution in [2.45, 2.75) is 52.6 Å². The molecule has 0 saturated heterocycles. The number of thiazole rings is 1. The van der Waals surface area contributed by atoms with Crippen LogP contribution >= 0.6 is 11.3 Å². The number of nitrogens with zero attached hydrogens (tertiary/aromatic N) is 6. The molecule has 0 aromatic carbocycles. The maximum absolute atomic E-state index is 12.8. The Bertz CT molecular complexity index is 1000. The largest absolute Gasteiger partial charge is 0.349 e. The van der Waals surface area contributed by atoms with Crippen molar-refractivity contribution in [3.05, 3.63) is 33.2 Å². The maximum atomic E-state index is 12.8. The fourth-order valence-electron chi connectivity index (χ4n) is 3.65. The molecular formula is C18H23N7OS. The number of rotatable bonds is 3. The highest BCUT2D eigenvalue weighted by Gasteiger charge is 2.25. The van der Waals surface area contributed by atoms with Gasteiger partial charge in [-0.3, -0.25) is 9.48 Å². The van der Waals surface area contributed by atoms with Crippen molar-refractivity contribution in [1.29, 1.82) is 0 Å². The minimum atomic E-state index is -0.0453. The highest BCUT2D eigenvalue weighted by atomic mass is 32.1. The Morgan fingerprint density at radius 3 is 2.74 bits per heavy atom. The van der Waals surface area contributed by atoms with Crippen LogP contribution in [0.3, 0.4) is 0 Å². The first-order chi connectivity index (χ1) is 12.9. The van der Waals surface area contributed by atoms with E-state index in [1.807, 2.05) is 33.2 Å². The summed E-state index contributed by atoms with van der Waals surface area (Å²) in [6.07, 6.45) is 2.47. The first-order valence-corrected chi connectivity index (χ1v) is 9.97. The summed E-state index contributed by atoms with van der Waals surface area (Å²) in [6.45, 7) is 6.55. The molecule has 0 fully saturated rings. The number of hydrogen-bond donors (Lipinski definition) is 1. The summed E-state index contributed by atoms with van der Waals surface area (Å²) in [5.41, 5.74) is 3.21. The number of nitrogens with one attached hydrogen (secondary N) is 1. The number of carbonyl (C=O) groups is 1. The molecule has 0 aliphatic carbocycles. The zero-order valence-electron chi connectivity index (χ0n) is 16.0. The number of amides is 1. The molecule has 3 aromatic heterocycles. The SMILES string of the molecule is Cc1nc(-c2nnc3n2CCC(NC(=O)c2c(C)nn(C)c2C)CC3)cs1. The normalized spacial score (nSPS) is 16.8. The molecule has 1 unspecified atom stereocenters. The van der Waals surface area contributed by atoms with E-state index in [2.05, 4.69) is 30.2 Å². The summed E-state index contributed by atoms with van der Waals surface area (Å²) in [7, 11) is 1.86. The van der Waals surface area contributed by atoms with E-state index in [1.165, 1.54) is 0 Å². The Morgan fingerprint density at radius 1 is 1.26 bits per heavy atom. The third kappa shape index (κ3) is 3.27. The van der Waals surface area contributed by atoms with E-state index in [1.54, 1.807) is 16.0 Å². The van der Waals surface area contributed by atoms with E-state index in [-0.39, 0.29) is 11.9 Å². The molecule has 4 rings (SSSR count). The van der Waals surface area contributed by atoms with Crippen molar-refractivity contribution in [2.24, 2.45) is 7.05 Å². The molecule has 0 saturated carbocycles. The van der Waals surface area contributed by atoms with Gasteiger partial charge >= 0.3 is 0 Å². The minimum Gasteiger partial charge on any atom is -0.349 e. The third-order valence-electron chi connectivity index (χ3n) is 5.16. The van der Waals surface area contributed by atoms with E-state index in [0.717, 1.165) is 59.5 Å². The third-order valence-corrected chi connectivity index (χ3v) is 5.94. The van der Waals surface area contributed by atoms with Gasteiger partial charge in [0.05, 0.1) is 16.3 Å². The molecule has 3 aromatic rings. The van der Waals surface area contributed by atoms with E-state index >= 15 is 0 Å². The van der Waals surface area contributed by atoms with Gasteiger partial charge in [-0.25, -0.2) is 4.98 Å². The maximum Gasteiger partial charge on any atom is 0.255 e. The average molecular weight is 385 g/mol. The molecule has 4 heterocycles. The Balaban J connectivity index is 1.49. The number of hydrogen-bond acceptors (Lipinski definition) is 6. The van der Waals surface area contributed by atoms with Crippen LogP contribution in [0.4, 0.5) is 0 Å². The highest BCUT2D eigenvalue weighted by molar-refractivity contribution is 7.09. The second-order valence-electron chi connectivity index (χ2n) is 7.01. The van der Waals surface area contributed by atoms with Crippen LogP contribution in [0.5, 0.6) is 0 Å². The second-order valence-corrected chi connectivity index (χ2v) is 8.07. The number of aromatic nitrogens is 6. The molecule has 142 valence electrons. The van der Waals surface area contributed by atoms with Crippen LogP contribution in [-0.2, 0) is 20.0 Å². The van der Waals surface area contributed by atoms with Gasteiger partial charge in [0.15, 0.2) is 5.82 Å². The number of carbonyl (C=O) groups excluding carboxylic acids is 1. The highest BCUT2D eigenvalue weighted by Crippen LogP contribution is 2.24. The zero-order valence-corrected chi connectivity index (χ0v) is 16.8. The van der Waals surface area contributed by atoms with Gasteiger partial charge in [-0.2, -0.15) is 5.10 Å². The predicted molar refractivity (Wildman–Crippen MR) is 103 cm³/mol. The zero-order chi connectivity index (χ0) is 19.1. The first-order valence-electron chi connectivity index (χ1n) is 9.09. The van der Waals surface area contributed by atoms with Gasteiger partial charge in [0.1, 0.15) is 11.5 Å². The summed E-state index contributed by atoms with van der Waals surface area (Å²) >= 11 is 1.61. The fourth-order valence-corrected chi connectivity index (χ4v) is 4.24. The predicted octanol–water partition coefficient (Wildman–Crippen LogP) is 2.20. The van der Waals surface area contributed by atoms with Crippen molar-refractivity contribution < 1.29 is 4.79 Å². The Kier molecular flexibility index (Phi) is 4.55. The summed E-state index contributed by atoms with van der Waals surface area (Å²) in [4.78, 5) is 17.3. The summed E-state index contributed by atoms with van der Waals surface area (Å²) in [5, 5.41) is 19.3. The molecule has 8 nitrogen and oxygen atoms in total. The van der Waals surface area contributed by atoms with Crippen LogP contribution in [0, 0.1) is 20.8 Å². The van der Waals surface area contributed by atoms with E-state index in [9.17, 15) is 4.79 Å². The van der Waals surface area contributed by atoms with Crippen molar-refractivity contribution in [1.82, 2.24) is 34.8 Å². The van der Waals surface area contributed by atoms with E-state index < -0.39 is 0 Å². The van der Waals surface area contributed by atoms with Crippen LogP contribution < -0.4 is 5.32 Å². The molecule has 1 aliphatic heterocycles. The van der Waals surface area contributed by atoms with Crippen molar-refractivity contribution in [2.75, 3.05) is 0 Å². The molecule has 0 bridgehead atoms. The molecule has 0 radical (unpaired) electrons. The monoisotopic (exact) mass is 385 g/mol. The van der Waals surface area contributed by atoms with Crippen LogP contribution in [-0.4, -0.2) is 41.5 Å². The molecule has 1 N–H and O–H groups in total. The summed E-state index contributed by atoms with van der Waals surface area (Å²) in [6, 6.07) is 0.100. The van der Waals surface area contributed by atoms with Gasteiger partial charge in [0.2, 0.25) is 0 Å². The van der Waals surface area contributed by atoms with Gasteiger partial charge in [-0.15, -0.1) is 21.5 Å². The Morgan fingerprint density at radius 2 is 2.07 bits per heavy atom. The van der Waals surface area contributed by atoms with E-state index in [4.69, 9.17) is 0 Å². The lowest BCUT2D eigenvalue weighted by Gasteiger charge is -2.16. The van der Waals surface area contributed by atoms with Crippen LogP contribution in [0.2, 0.25) is 0 Å². The quantitative estimate of drug-likeness (QED) is 0.746. The Hall–Kier alpha value is -2.55. The van der Waals surface area contributed by atoms with Crippen molar-refractivity contribution in [3.8, 4) is 11.5 Å². The molecule has 1 amide bonds. The fraction of sp³-hybridized carbons (Fsp3) is 0.500. The summed E-state index contributed by atoms with van der Waals surface area (Å²) in [5.74, 6) is 1.73. The van der Waals surface area contributed by atoms with Crippen molar-refractivity contribution >= 4 is 17.2 Å². The lowest BCUT2D eigenvalue weighted by Crippen LogP contribution is -2.35. The second kappa shape index (κ2) is 6.88. The molecule has 1 aliphatic rings. The minimum absolute atomic E-state index is 0.0453. The van der Waals surface area contributed by atoms with Crippen LogP contribution in [0.25, 0.3) is 11.5 Å². The number of fused-ring (bicyclic) bond motifs is 1. The standard InChI is InChI=1S/C18H23N7OS/c1-10-16(11(2)24(4)23-10)18(26)20-13-5-6-15-21-22-17(25(15)8-7-13)14-9-27-12(3)19-14/h9,13H,5-8H2,1-4H3,(H,20,26). The van der Waals surface area contributed by atoms with Gasteiger partial charge in [-0.05, 0) is 33.6 Å². The van der Waals surface area contributed by atoms with Crippen LogP contribution in [0.1, 0.15) is 45.4 Å². The van der Waals surface area contributed by atoms with Crippen molar-refractivity contribution in [3.63, 3.8) is 0 Å². The molecule has 0 spiro atoms. The molecular weight excluding hydrogens is 362 g/mol. The van der Waals surface area contributed by atoms with E-state index in [0.29, 0.717) is 5.56 Å². The first kappa shape index (κ1) is 17.8. The lowest BCUT2D eigenvalue weighted by atomic mass is 10.1. The smallest absolute Gasteiger partial charge is 0.255 e. The van der Waals surface area contributed by atoms with Gasteiger partial charge in [-0.1, -0.05) is 0 Å². The lowest BCUT2D eigenvalue weighted by molar-refractivity contribution is 0.0931. The van der Waals surface area contributed by atoms with Gasteiger partial charge in [0, 0.05) is 37.1 Å². The molecule has 1 atom stereocenters. The molecule has 27 heavy (non-hydrogen) atoms. The average Bonchev–Trinajstić information content (AvgIpc) is 3.25. The topological polar surface area (TPSA) is 90.5 Å². The van der Waals surface area contributed by atoms with Gasteiger partial charge < -0.3 is 9.88 Å².